The summed E-state index contributed by atoms with van der Waals surface area (Å²) in [6.45, 7) is 4.58. The molecule has 0 N–H and O–H groups in total. The molecule has 0 unspecified atom stereocenters. The van der Waals surface area contributed by atoms with Gasteiger partial charge < -0.3 is 0 Å². The molecule has 20 heavy (non-hydrogen) atoms. The summed E-state index contributed by atoms with van der Waals surface area (Å²) in [6, 6.07) is 0. The zero-order chi connectivity index (χ0) is 15.3. The molecule has 0 nitrogen and oxygen atoms in total. The Morgan fingerprint density at radius 1 is 0.400 bits per heavy atom. The summed E-state index contributed by atoms with van der Waals surface area (Å²) in [5.74, 6) is 0. The smallest absolute Gasteiger partial charge is 0.0967 e. The van der Waals surface area contributed by atoms with E-state index < -0.39 is 0 Å². The number of hydrogen-bond donors (Lipinski definition) is 0. The molecule has 0 aromatic heterocycles. The Bertz CT molecular complexity index is 123. The maximum Gasteiger partial charge on any atom is 0.0967 e. The molecule has 0 aromatic carbocycles. The molecule has 0 aliphatic rings. The fraction of sp³-hybridized carbons (Fsp3) is 1.00. The zero-order valence-corrected chi connectivity index (χ0v) is 15.6. The van der Waals surface area contributed by atoms with E-state index in [1.165, 1.54) is 96.3 Å². The van der Waals surface area contributed by atoms with Crippen molar-refractivity contribution in [3.63, 3.8) is 0 Å². The third-order valence-corrected chi connectivity index (χ3v) is 3.71. The van der Waals surface area contributed by atoms with E-state index in [4.69, 9.17) is 23.2 Å². The molecule has 0 heterocycles. The van der Waals surface area contributed by atoms with Crippen LogP contribution in [-0.2, 0) is 0 Å². The first-order valence-corrected chi connectivity index (χ1v) is 10.0. The van der Waals surface area contributed by atoms with Crippen LogP contribution in [0.15, 0.2) is 0 Å². The third kappa shape index (κ3) is 27.0. The van der Waals surface area contributed by atoms with Crippen LogP contribution in [0.25, 0.3) is 0 Å². The van der Waals surface area contributed by atoms with Crippen LogP contribution in [0.5, 0.6) is 0 Å². The van der Waals surface area contributed by atoms with E-state index in [9.17, 15) is 0 Å². The van der Waals surface area contributed by atoms with E-state index in [0.717, 1.165) is 0 Å². The molecule has 0 saturated carbocycles. The van der Waals surface area contributed by atoms with Crippen LogP contribution in [0.4, 0.5) is 0 Å². The van der Waals surface area contributed by atoms with Crippen molar-refractivity contribution >= 4 is 23.2 Å². The van der Waals surface area contributed by atoms with Gasteiger partial charge in [-0.05, 0) is 0 Å². The summed E-state index contributed by atoms with van der Waals surface area (Å²) >= 11 is 9.53. The first-order valence-electron chi connectivity index (χ1n) is 8.95. The summed E-state index contributed by atoms with van der Waals surface area (Å²) in [7, 11) is 0. The minimum absolute atomic E-state index is 0.194. The Kier molecular flexibility index (Phi) is 28.1. The minimum Gasteiger partial charge on any atom is -0.109 e. The van der Waals surface area contributed by atoms with Gasteiger partial charge in [0.25, 0.3) is 0 Å². The van der Waals surface area contributed by atoms with Crippen LogP contribution in [0.1, 0.15) is 110 Å². The van der Waals surface area contributed by atoms with Crippen LogP contribution in [0.2, 0.25) is 0 Å². The molecular formula is C18H38Cl2. The van der Waals surface area contributed by atoms with Crippen LogP contribution in [0.3, 0.4) is 0 Å². The molecule has 0 bridgehead atoms. The summed E-state index contributed by atoms with van der Waals surface area (Å²) in [4.78, 5) is 0. The second-order valence-electron chi connectivity index (χ2n) is 5.70. The minimum atomic E-state index is 0.194. The van der Waals surface area contributed by atoms with Crippen molar-refractivity contribution in [2.45, 2.75) is 110 Å². The molecule has 0 aliphatic carbocycles. The Hall–Kier alpha value is 0.580. The Labute approximate surface area is 139 Å². The lowest BCUT2D eigenvalue weighted by Gasteiger charge is -2.02. The monoisotopic (exact) mass is 324 g/mol. The van der Waals surface area contributed by atoms with Gasteiger partial charge in [0.15, 0.2) is 0 Å². The van der Waals surface area contributed by atoms with E-state index in [0.29, 0.717) is 0 Å². The fourth-order valence-corrected chi connectivity index (χ4v) is 2.44. The van der Waals surface area contributed by atoms with Crippen molar-refractivity contribution in [1.82, 2.24) is 0 Å². The van der Waals surface area contributed by atoms with Crippen LogP contribution < -0.4 is 0 Å². The second-order valence-corrected chi connectivity index (χ2v) is 6.51. The van der Waals surface area contributed by atoms with E-state index in [1.807, 2.05) is 0 Å². The van der Waals surface area contributed by atoms with Crippen LogP contribution in [-0.4, -0.2) is 5.34 Å². The van der Waals surface area contributed by atoms with E-state index in [1.54, 1.807) is 0 Å². The number of alkyl halides is 2. The number of rotatable bonds is 14. The van der Waals surface area contributed by atoms with Gasteiger partial charge in [0.05, 0.1) is 5.34 Å². The lowest BCUT2D eigenvalue weighted by molar-refractivity contribution is 0.534. The maximum atomic E-state index is 4.76. The van der Waals surface area contributed by atoms with Gasteiger partial charge in [-0.1, -0.05) is 110 Å². The average molecular weight is 325 g/mol. The second kappa shape index (κ2) is 24.6. The van der Waals surface area contributed by atoms with E-state index >= 15 is 0 Å². The largest absolute Gasteiger partial charge is 0.109 e. The average Bonchev–Trinajstić information content (AvgIpc) is 2.45. The third-order valence-electron chi connectivity index (χ3n) is 3.71. The predicted molar refractivity (Wildman–Crippen MR) is 97.2 cm³/mol. The van der Waals surface area contributed by atoms with E-state index in [2.05, 4.69) is 13.8 Å². The van der Waals surface area contributed by atoms with Crippen molar-refractivity contribution in [1.29, 1.82) is 0 Å². The molecular weight excluding hydrogens is 287 g/mol. The molecule has 0 fully saturated rings. The summed E-state index contributed by atoms with van der Waals surface area (Å²) in [5.41, 5.74) is 0. The number of hydrogen-bond acceptors (Lipinski definition) is 0. The summed E-state index contributed by atoms with van der Waals surface area (Å²) < 4.78 is 0. The highest BCUT2D eigenvalue weighted by molar-refractivity contribution is 6.40. The predicted octanol–water partition coefficient (Wildman–Crippen LogP) is 8.30. The van der Waals surface area contributed by atoms with Crippen molar-refractivity contribution in [2.24, 2.45) is 0 Å². The van der Waals surface area contributed by atoms with Crippen LogP contribution >= 0.6 is 23.2 Å². The lowest BCUT2D eigenvalue weighted by atomic mass is 10.0. The highest BCUT2D eigenvalue weighted by Gasteiger charge is 1.93. The van der Waals surface area contributed by atoms with Gasteiger partial charge in [-0.3, -0.25) is 0 Å². The van der Waals surface area contributed by atoms with Gasteiger partial charge in [-0.15, -0.1) is 23.2 Å². The van der Waals surface area contributed by atoms with Gasteiger partial charge in [0, 0.05) is 0 Å². The molecule has 0 aliphatic heterocycles. The number of halogens is 2. The highest BCUT2D eigenvalue weighted by atomic mass is 35.5. The molecule has 0 aromatic rings. The molecule has 0 spiro atoms. The number of unbranched alkanes of at least 4 members (excludes halogenated alkanes) is 14. The standard InChI is InChI=1S/C17H36.CH2Cl2/c1-3-5-7-9-11-13-15-17-16-14-12-10-8-6-4-2;2-1-3/h3-17H2,1-2H3;1H2. The first-order chi connectivity index (χ1) is 9.83. The molecule has 0 amide bonds. The van der Waals surface area contributed by atoms with Crippen molar-refractivity contribution in [2.75, 3.05) is 5.34 Å². The quantitative estimate of drug-likeness (QED) is 0.222. The Morgan fingerprint density at radius 3 is 0.700 bits per heavy atom. The molecule has 0 rings (SSSR count). The highest BCUT2D eigenvalue weighted by Crippen LogP contribution is 2.13. The molecule has 124 valence electrons. The molecule has 0 saturated heterocycles. The van der Waals surface area contributed by atoms with Crippen molar-refractivity contribution < 1.29 is 0 Å². The van der Waals surface area contributed by atoms with Gasteiger partial charge >= 0.3 is 0 Å². The van der Waals surface area contributed by atoms with Crippen molar-refractivity contribution in [3.8, 4) is 0 Å². The first kappa shape index (κ1) is 22.9. The lowest BCUT2D eigenvalue weighted by Crippen LogP contribution is -1.82. The summed E-state index contributed by atoms with van der Waals surface area (Å²) in [5, 5.41) is 0.194. The Balaban J connectivity index is 0. The van der Waals surface area contributed by atoms with Gasteiger partial charge in [0.2, 0.25) is 0 Å². The summed E-state index contributed by atoms with van der Waals surface area (Å²) in [6.07, 6.45) is 21.9. The maximum absolute atomic E-state index is 4.76. The molecule has 2 heteroatoms. The topological polar surface area (TPSA) is 0 Å². The van der Waals surface area contributed by atoms with Crippen LogP contribution in [0, 0.1) is 0 Å². The van der Waals surface area contributed by atoms with Crippen molar-refractivity contribution in [3.05, 3.63) is 0 Å². The molecule has 0 atom stereocenters. The normalized spacial score (nSPS) is 10.2. The Morgan fingerprint density at radius 2 is 0.550 bits per heavy atom. The zero-order valence-electron chi connectivity index (χ0n) is 14.1. The van der Waals surface area contributed by atoms with Gasteiger partial charge in [0.1, 0.15) is 0 Å². The fourth-order valence-electron chi connectivity index (χ4n) is 2.44. The van der Waals surface area contributed by atoms with Gasteiger partial charge in [-0.2, -0.15) is 0 Å². The van der Waals surface area contributed by atoms with Gasteiger partial charge in [-0.25, -0.2) is 0 Å². The SMILES string of the molecule is CCCCCCCCCCCCCCCCC.ClCCl. The van der Waals surface area contributed by atoms with E-state index in [-0.39, 0.29) is 5.34 Å². The molecule has 0 radical (unpaired) electrons.